The van der Waals surface area contributed by atoms with Crippen LogP contribution in [-0.4, -0.2) is 25.0 Å². The molecule has 2 aromatic carbocycles. The van der Waals surface area contributed by atoms with Gasteiger partial charge in [0.15, 0.2) is 0 Å². The molecule has 0 aliphatic rings. The lowest BCUT2D eigenvalue weighted by molar-refractivity contribution is -0.118. The molecule has 0 bridgehead atoms. The SMILES string of the molecule is CC(C)CCOc1ccc(NC(=O)CCCCC(=O)Nc2ccc(OCCC(C)C)cc2)cc1. The first kappa shape index (κ1) is 27.2. The lowest BCUT2D eigenvalue weighted by Gasteiger charge is -2.10. The van der Waals surface area contributed by atoms with Crippen LogP contribution in [0.4, 0.5) is 11.4 Å². The van der Waals surface area contributed by atoms with Gasteiger partial charge in [0.05, 0.1) is 13.2 Å². The van der Waals surface area contributed by atoms with Gasteiger partial charge < -0.3 is 20.1 Å². The Kier molecular flexibility index (Phi) is 12.0. The van der Waals surface area contributed by atoms with E-state index < -0.39 is 0 Å². The number of hydrogen-bond donors (Lipinski definition) is 2. The molecule has 2 aromatic rings. The maximum atomic E-state index is 12.2. The van der Waals surface area contributed by atoms with Gasteiger partial charge in [-0.15, -0.1) is 0 Å². The van der Waals surface area contributed by atoms with E-state index in [1.54, 1.807) is 0 Å². The van der Waals surface area contributed by atoms with E-state index in [4.69, 9.17) is 9.47 Å². The third-order valence-corrected chi connectivity index (χ3v) is 5.26. The molecule has 0 unspecified atom stereocenters. The minimum atomic E-state index is -0.0538. The fourth-order valence-corrected chi connectivity index (χ4v) is 3.11. The molecule has 186 valence electrons. The highest BCUT2D eigenvalue weighted by Gasteiger charge is 2.06. The van der Waals surface area contributed by atoms with Crippen molar-refractivity contribution in [3.05, 3.63) is 48.5 Å². The molecule has 0 saturated heterocycles. The van der Waals surface area contributed by atoms with Gasteiger partial charge in [0.2, 0.25) is 11.8 Å². The first-order valence-electron chi connectivity index (χ1n) is 12.4. The summed E-state index contributed by atoms with van der Waals surface area (Å²) in [7, 11) is 0. The van der Waals surface area contributed by atoms with Crippen LogP contribution in [0.15, 0.2) is 48.5 Å². The van der Waals surface area contributed by atoms with Crippen molar-refractivity contribution < 1.29 is 19.1 Å². The molecule has 0 spiro atoms. The molecular weight excluding hydrogens is 428 g/mol. The van der Waals surface area contributed by atoms with E-state index in [-0.39, 0.29) is 11.8 Å². The first-order chi connectivity index (χ1) is 16.3. The van der Waals surface area contributed by atoms with Crippen LogP contribution in [0.1, 0.15) is 66.2 Å². The number of benzene rings is 2. The summed E-state index contributed by atoms with van der Waals surface area (Å²) in [6, 6.07) is 14.8. The van der Waals surface area contributed by atoms with Gasteiger partial charge in [0.1, 0.15) is 11.5 Å². The van der Waals surface area contributed by atoms with Gasteiger partial charge in [-0.1, -0.05) is 27.7 Å². The smallest absolute Gasteiger partial charge is 0.224 e. The zero-order chi connectivity index (χ0) is 24.8. The number of ether oxygens (including phenoxy) is 2. The number of rotatable bonds is 15. The Morgan fingerprint density at radius 1 is 0.647 bits per heavy atom. The Bertz CT molecular complexity index is 787. The molecule has 0 saturated carbocycles. The number of hydrogen-bond acceptors (Lipinski definition) is 4. The van der Waals surface area contributed by atoms with Crippen molar-refractivity contribution in [3.8, 4) is 11.5 Å². The van der Waals surface area contributed by atoms with Crippen LogP contribution in [-0.2, 0) is 9.59 Å². The molecule has 0 radical (unpaired) electrons. The lowest BCUT2D eigenvalue weighted by Crippen LogP contribution is -2.13. The van der Waals surface area contributed by atoms with Crippen LogP contribution in [0.2, 0.25) is 0 Å². The second-order valence-electron chi connectivity index (χ2n) is 9.41. The van der Waals surface area contributed by atoms with Crippen molar-refractivity contribution in [2.24, 2.45) is 11.8 Å². The number of amides is 2. The van der Waals surface area contributed by atoms with E-state index in [0.717, 1.165) is 35.7 Å². The van der Waals surface area contributed by atoms with Crippen molar-refractivity contribution in [2.75, 3.05) is 23.8 Å². The quantitative estimate of drug-likeness (QED) is 0.286. The first-order valence-corrected chi connectivity index (χ1v) is 12.4. The van der Waals surface area contributed by atoms with Gasteiger partial charge in [-0.05, 0) is 86.1 Å². The van der Waals surface area contributed by atoms with Crippen molar-refractivity contribution in [2.45, 2.75) is 66.2 Å². The third-order valence-electron chi connectivity index (χ3n) is 5.26. The summed E-state index contributed by atoms with van der Waals surface area (Å²) in [5, 5.41) is 5.78. The third kappa shape index (κ3) is 11.7. The molecule has 2 N–H and O–H groups in total. The second-order valence-corrected chi connectivity index (χ2v) is 9.41. The average Bonchev–Trinajstić information content (AvgIpc) is 2.79. The van der Waals surface area contributed by atoms with Crippen LogP contribution in [0.3, 0.4) is 0 Å². The molecule has 0 heterocycles. The molecule has 6 heteroatoms. The molecular formula is C28H40N2O4. The Labute approximate surface area is 204 Å². The molecule has 0 fully saturated rings. The van der Waals surface area contributed by atoms with Gasteiger partial charge in [-0.3, -0.25) is 9.59 Å². The predicted molar refractivity (Wildman–Crippen MR) is 139 cm³/mol. The Morgan fingerprint density at radius 2 is 1.00 bits per heavy atom. The van der Waals surface area contributed by atoms with E-state index >= 15 is 0 Å². The highest BCUT2D eigenvalue weighted by Crippen LogP contribution is 2.18. The maximum absolute atomic E-state index is 12.2. The van der Waals surface area contributed by atoms with Gasteiger partial charge in [0, 0.05) is 24.2 Å². The van der Waals surface area contributed by atoms with Crippen LogP contribution in [0.25, 0.3) is 0 Å². The maximum Gasteiger partial charge on any atom is 0.224 e. The van der Waals surface area contributed by atoms with Crippen LogP contribution >= 0.6 is 0 Å². The molecule has 6 nitrogen and oxygen atoms in total. The highest BCUT2D eigenvalue weighted by molar-refractivity contribution is 5.91. The molecule has 2 rings (SSSR count). The highest BCUT2D eigenvalue weighted by atomic mass is 16.5. The fourth-order valence-electron chi connectivity index (χ4n) is 3.11. The summed E-state index contributed by atoms with van der Waals surface area (Å²) in [6.07, 6.45) is 4.08. The number of nitrogens with one attached hydrogen (secondary N) is 2. The summed E-state index contributed by atoms with van der Waals surface area (Å²) in [5.74, 6) is 2.71. The minimum Gasteiger partial charge on any atom is -0.494 e. The monoisotopic (exact) mass is 468 g/mol. The molecule has 0 aliphatic carbocycles. The molecule has 0 aromatic heterocycles. The Balaban J connectivity index is 1.60. The summed E-state index contributed by atoms with van der Waals surface area (Å²) >= 11 is 0. The fraction of sp³-hybridized carbons (Fsp3) is 0.500. The lowest BCUT2D eigenvalue weighted by atomic mass is 10.1. The number of carbonyl (C=O) groups is 2. The van der Waals surface area contributed by atoms with Crippen molar-refractivity contribution in [1.82, 2.24) is 0 Å². The van der Waals surface area contributed by atoms with Crippen LogP contribution < -0.4 is 20.1 Å². The average molecular weight is 469 g/mol. The van der Waals surface area contributed by atoms with Crippen molar-refractivity contribution in [3.63, 3.8) is 0 Å². The number of carbonyl (C=O) groups excluding carboxylic acids is 2. The number of unbranched alkanes of at least 4 members (excludes halogenated alkanes) is 1. The summed E-state index contributed by atoms with van der Waals surface area (Å²) in [4.78, 5) is 24.3. The largest absolute Gasteiger partial charge is 0.494 e. The van der Waals surface area contributed by atoms with E-state index in [1.165, 1.54) is 0 Å². The molecule has 0 atom stereocenters. The van der Waals surface area contributed by atoms with E-state index in [2.05, 4.69) is 38.3 Å². The Hall–Kier alpha value is -3.02. The van der Waals surface area contributed by atoms with E-state index in [9.17, 15) is 9.59 Å². The summed E-state index contributed by atoms with van der Waals surface area (Å²) < 4.78 is 11.4. The van der Waals surface area contributed by atoms with Gasteiger partial charge in [0.25, 0.3) is 0 Å². The molecule has 34 heavy (non-hydrogen) atoms. The normalized spacial score (nSPS) is 10.9. The molecule has 2 amide bonds. The topological polar surface area (TPSA) is 76.7 Å². The van der Waals surface area contributed by atoms with Crippen LogP contribution in [0, 0.1) is 11.8 Å². The number of anilines is 2. The second kappa shape index (κ2) is 15.0. The Morgan fingerprint density at radius 3 is 1.32 bits per heavy atom. The standard InChI is InChI=1S/C28H40N2O4/c1-21(2)17-19-33-25-13-9-23(10-14-25)29-27(31)7-5-6-8-28(32)30-24-11-15-26(16-12-24)34-20-18-22(3)4/h9-16,21-22H,5-8,17-20H2,1-4H3,(H,29,31)(H,30,32). The van der Waals surface area contributed by atoms with Gasteiger partial charge in [-0.25, -0.2) is 0 Å². The zero-order valence-corrected chi connectivity index (χ0v) is 21.1. The molecule has 0 aliphatic heterocycles. The van der Waals surface area contributed by atoms with Gasteiger partial charge in [-0.2, -0.15) is 0 Å². The minimum absolute atomic E-state index is 0.0538. The van der Waals surface area contributed by atoms with Gasteiger partial charge >= 0.3 is 0 Å². The van der Waals surface area contributed by atoms with Crippen LogP contribution in [0.5, 0.6) is 11.5 Å². The predicted octanol–water partition coefficient (Wildman–Crippen LogP) is 6.67. The van der Waals surface area contributed by atoms with E-state index in [0.29, 0.717) is 50.7 Å². The van der Waals surface area contributed by atoms with Crippen molar-refractivity contribution in [1.29, 1.82) is 0 Å². The van der Waals surface area contributed by atoms with E-state index in [1.807, 2.05) is 48.5 Å². The summed E-state index contributed by atoms with van der Waals surface area (Å²) in [5.41, 5.74) is 1.49. The van der Waals surface area contributed by atoms with Crippen molar-refractivity contribution >= 4 is 23.2 Å². The zero-order valence-electron chi connectivity index (χ0n) is 21.1. The summed E-state index contributed by atoms with van der Waals surface area (Å²) in [6.45, 7) is 10.0.